The Labute approximate surface area is 254 Å². The van der Waals surface area contributed by atoms with Gasteiger partial charge in [0.05, 0.1) is 26.6 Å². The van der Waals surface area contributed by atoms with Crippen LogP contribution in [0.2, 0.25) is 0 Å². The van der Waals surface area contributed by atoms with E-state index in [0.717, 1.165) is 11.1 Å². The second kappa shape index (κ2) is 14.1. The maximum Gasteiger partial charge on any atom is 0.271 e. The first-order chi connectivity index (χ1) is 21.3. The third-order valence-electron chi connectivity index (χ3n) is 6.52. The van der Waals surface area contributed by atoms with Crippen molar-refractivity contribution in [2.45, 2.75) is 0 Å². The molecule has 0 aliphatic rings. The molecule has 4 N–H and O–H groups in total. The molecule has 0 aliphatic heterocycles. The van der Waals surface area contributed by atoms with Crippen LogP contribution < -0.4 is 20.3 Å². The van der Waals surface area contributed by atoms with Crippen LogP contribution in [0.4, 0.5) is 0 Å². The monoisotopic (exact) mass is 590 g/mol. The fraction of sp³-hybridized carbons (Fsp3) is 0.0588. The van der Waals surface area contributed by atoms with Gasteiger partial charge in [-0.1, -0.05) is 49.6 Å². The molecule has 4 aromatic rings. The summed E-state index contributed by atoms with van der Waals surface area (Å²) in [5.74, 6) is -0.322. The second-order valence-electron chi connectivity index (χ2n) is 9.28. The molecule has 222 valence electrons. The van der Waals surface area contributed by atoms with E-state index in [1.807, 2.05) is 0 Å². The molecule has 0 radical (unpaired) electrons. The summed E-state index contributed by atoms with van der Waals surface area (Å²) in [6, 6.07) is 20.4. The van der Waals surface area contributed by atoms with Crippen molar-refractivity contribution in [2.24, 2.45) is 10.2 Å². The van der Waals surface area contributed by atoms with E-state index in [9.17, 15) is 19.8 Å². The van der Waals surface area contributed by atoms with Gasteiger partial charge >= 0.3 is 0 Å². The van der Waals surface area contributed by atoms with E-state index in [0.29, 0.717) is 33.4 Å². The lowest BCUT2D eigenvalue weighted by atomic mass is 10.0. The standard InChI is InChI=1S/C34H30N4O6/c1-5-23-15-21(17-29(43-3)31(23)39)19-35-37-33(41)27-11-7-25(8-12-27)26-9-13-28(14-10-26)34(42)38-36-20-22-16-24(6-2)32(40)30(18-22)44-4/h5-20,39-40H,1-2H2,3-4H3,(H,37,41)(H,38,42)/b35-19+,36-20+. The summed E-state index contributed by atoms with van der Waals surface area (Å²) < 4.78 is 10.3. The van der Waals surface area contributed by atoms with Crippen molar-refractivity contribution in [2.75, 3.05) is 14.2 Å². The first-order valence-corrected chi connectivity index (χ1v) is 13.2. The predicted octanol–water partition coefficient (Wildman–Crippen LogP) is 5.60. The number of amides is 2. The zero-order valence-corrected chi connectivity index (χ0v) is 24.1. The number of benzene rings is 4. The Kier molecular flexibility index (Phi) is 9.90. The molecular formula is C34H30N4O6. The molecule has 0 unspecified atom stereocenters. The SMILES string of the molecule is C=Cc1cc(/C=N/NC(=O)c2ccc(-c3ccc(C(=O)N/N=C/c4cc(C=C)c(O)c(OC)c4)cc3)cc2)cc(OC)c1O. The van der Waals surface area contributed by atoms with Crippen LogP contribution in [0.25, 0.3) is 23.3 Å². The van der Waals surface area contributed by atoms with Gasteiger partial charge in [-0.05, 0) is 70.8 Å². The van der Waals surface area contributed by atoms with Gasteiger partial charge < -0.3 is 19.7 Å². The number of ether oxygens (including phenoxy) is 2. The molecule has 10 heteroatoms. The highest BCUT2D eigenvalue weighted by Crippen LogP contribution is 2.32. The summed E-state index contributed by atoms with van der Waals surface area (Å²) in [6.07, 6.45) is 5.86. The molecule has 0 atom stereocenters. The van der Waals surface area contributed by atoms with Gasteiger partial charge in [0.15, 0.2) is 23.0 Å². The van der Waals surface area contributed by atoms with E-state index in [-0.39, 0.29) is 23.0 Å². The quantitative estimate of drug-likeness (QED) is 0.132. The van der Waals surface area contributed by atoms with Gasteiger partial charge in [0.2, 0.25) is 0 Å². The summed E-state index contributed by atoms with van der Waals surface area (Å²) in [6.45, 7) is 7.33. The van der Waals surface area contributed by atoms with Gasteiger partial charge in [-0.25, -0.2) is 10.9 Å². The lowest BCUT2D eigenvalue weighted by Crippen LogP contribution is -2.17. The number of carbonyl (C=O) groups excluding carboxylic acids is 2. The molecule has 10 nitrogen and oxygen atoms in total. The summed E-state index contributed by atoms with van der Waals surface area (Å²) in [4.78, 5) is 25.2. The van der Waals surface area contributed by atoms with Gasteiger partial charge in [-0.3, -0.25) is 9.59 Å². The number of hydrazone groups is 2. The average molecular weight is 591 g/mol. The average Bonchev–Trinajstić information content (AvgIpc) is 3.05. The van der Waals surface area contributed by atoms with Gasteiger partial charge in [0.25, 0.3) is 11.8 Å². The van der Waals surface area contributed by atoms with Crippen molar-refractivity contribution in [1.29, 1.82) is 0 Å². The Hall–Kier alpha value is -6.16. The van der Waals surface area contributed by atoms with Crippen molar-refractivity contribution in [1.82, 2.24) is 10.9 Å². The third-order valence-corrected chi connectivity index (χ3v) is 6.52. The normalized spacial score (nSPS) is 10.9. The number of hydrogen-bond acceptors (Lipinski definition) is 8. The second-order valence-corrected chi connectivity index (χ2v) is 9.28. The van der Waals surface area contributed by atoms with E-state index in [4.69, 9.17) is 9.47 Å². The first-order valence-electron chi connectivity index (χ1n) is 13.2. The molecule has 4 aromatic carbocycles. The van der Waals surface area contributed by atoms with Crippen molar-refractivity contribution < 1.29 is 29.3 Å². The number of nitrogens with zero attached hydrogens (tertiary/aromatic N) is 2. The summed E-state index contributed by atoms with van der Waals surface area (Å²) in [5, 5.41) is 28.1. The maximum atomic E-state index is 12.6. The summed E-state index contributed by atoms with van der Waals surface area (Å²) in [7, 11) is 2.88. The zero-order chi connectivity index (χ0) is 31.6. The smallest absolute Gasteiger partial charge is 0.271 e. The Bertz CT molecular complexity index is 1630. The highest BCUT2D eigenvalue weighted by molar-refractivity contribution is 5.96. The summed E-state index contributed by atoms with van der Waals surface area (Å²) in [5.41, 5.74) is 9.63. The summed E-state index contributed by atoms with van der Waals surface area (Å²) >= 11 is 0. The Morgan fingerprint density at radius 1 is 0.659 bits per heavy atom. The molecular weight excluding hydrogens is 560 g/mol. The number of hydrogen-bond donors (Lipinski definition) is 4. The number of phenolic OH excluding ortho intramolecular Hbond substituents is 2. The van der Waals surface area contributed by atoms with Crippen LogP contribution in [0.15, 0.2) is 96.2 Å². The van der Waals surface area contributed by atoms with Crippen LogP contribution in [-0.2, 0) is 0 Å². The molecule has 0 saturated carbocycles. The van der Waals surface area contributed by atoms with Crippen molar-refractivity contribution in [3.63, 3.8) is 0 Å². The number of carbonyl (C=O) groups is 2. The highest BCUT2D eigenvalue weighted by Gasteiger charge is 2.10. The van der Waals surface area contributed by atoms with Crippen molar-refractivity contribution in [3.05, 3.63) is 119 Å². The highest BCUT2D eigenvalue weighted by atomic mass is 16.5. The van der Waals surface area contributed by atoms with E-state index in [1.165, 1.54) is 38.8 Å². The van der Waals surface area contributed by atoms with E-state index >= 15 is 0 Å². The maximum absolute atomic E-state index is 12.6. The van der Waals surface area contributed by atoms with Crippen molar-refractivity contribution >= 4 is 36.4 Å². The lowest BCUT2D eigenvalue weighted by Gasteiger charge is -2.08. The zero-order valence-electron chi connectivity index (χ0n) is 24.1. The number of phenols is 2. The minimum Gasteiger partial charge on any atom is -0.504 e. The van der Waals surface area contributed by atoms with Gasteiger partial charge in [-0.2, -0.15) is 10.2 Å². The van der Waals surface area contributed by atoms with Crippen LogP contribution in [0, 0.1) is 0 Å². The molecule has 0 spiro atoms. The number of aromatic hydroxyl groups is 2. The number of nitrogens with one attached hydrogen (secondary N) is 2. The molecule has 0 saturated heterocycles. The van der Waals surface area contributed by atoms with Crippen LogP contribution >= 0.6 is 0 Å². The third kappa shape index (κ3) is 7.18. The van der Waals surface area contributed by atoms with Crippen LogP contribution in [0.1, 0.15) is 43.0 Å². The molecule has 2 amide bonds. The lowest BCUT2D eigenvalue weighted by molar-refractivity contribution is 0.0947. The number of methoxy groups -OCH3 is 2. The first kappa shape index (κ1) is 30.8. The Morgan fingerprint density at radius 2 is 1.02 bits per heavy atom. The van der Waals surface area contributed by atoms with E-state index < -0.39 is 11.8 Å². The van der Waals surface area contributed by atoms with Crippen LogP contribution in [0.3, 0.4) is 0 Å². The van der Waals surface area contributed by atoms with Crippen molar-refractivity contribution in [3.8, 4) is 34.1 Å². The Balaban J connectivity index is 1.35. The Morgan fingerprint density at radius 3 is 1.34 bits per heavy atom. The van der Waals surface area contributed by atoms with E-state index in [1.54, 1.807) is 72.8 Å². The molecule has 0 heterocycles. The minimum atomic E-state index is -0.401. The molecule has 0 fully saturated rings. The minimum absolute atomic E-state index is 0.0257. The van der Waals surface area contributed by atoms with Gasteiger partial charge in [-0.15, -0.1) is 0 Å². The number of rotatable bonds is 11. The fourth-order valence-corrected chi connectivity index (χ4v) is 4.16. The fourth-order valence-electron chi connectivity index (χ4n) is 4.16. The molecule has 0 bridgehead atoms. The molecule has 0 aliphatic carbocycles. The van der Waals surface area contributed by atoms with E-state index in [2.05, 4.69) is 34.2 Å². The van der Waals surface area contributed by atoms with Crippen LogP contribution in [0.5, 0.6) is 23.0 Å². The van der Waals surface area contributed by atoms with Gasteiger partial charge in [0.1, 0.15) is 0 Å². The van der Waals surface area contributed by atoms with Gasteiger partial charge in [0, 0.05) is 22.3 Å². The van der Waals surface area contributed by atoms with Crippen LogP contribution in [-0.4, -0.2) is 48.7 Å². The molecule has 44 heavy (non-hydrogen) atoms. The largest absolute Gasteiger partial charge is 0.504 e. The molecule has 0 aromatic heterocycles. The topological polar surface area (TPSA) is 142 Å². The molecule has 4 rings (SSSR count). The predicted molar refractivity (Wildman–Crippen MR) is 171 cm³/mol.